The average molecular weight is 405 g/mol. The first-order valence-electron chi connectivity index (χ1n) is 8.58. The van der Waals surface area contributed by atoms with E-state index in [9.17, 15) is 23.3 Å². The molecular formula is C18H19N3O6S. The van der Waals surface area contributed by atoms with Crippen LogP contribution in [0.15, 0.2) is 47.4 Å². The molecule has 0 aliphatic carbocycles. The van der Waals surface area contributed by atoms with Gasteiger partial charge >= 0.3 is 0 Å². The van der Waals surface area contributed by atoms with Crippen molar-refractivity contribution < 1.29 is 22.9 Å². The quantitative estimate of drug-likeness (QED) is 0.583. The molecule has 2 aromatic carbocycles. The van der Waals surface area contributed by atoms with Crippen LogP contribution in [0.4, 0.5) is 17.1 Å². The van der Waals surface area contributed by atoms with Gasteiger partial charge in [0.15, 0.2) is 4.90 Å². The lowest BCUT2D eigenvalue weighted by Crippen LogP contribution is -2.35. The van der Waals surface area contributed by atoms with Gasteiger partial charge in [-0.3, -0.25) is 19.6 Å². The predicted octanol–water partition coefficient (Wildman–Crippen LogP) is 2.92. The maximum atomic E-state index is 12.6. The van der Waals surface area contributed by atoms with Gasteiger partial charge in [0.25, 0.3) is 15.7 Å². The number of nitrogens with zero attached hydrogens (tertiary/aromatic N) is 2. The number of hydrogen-bond acceptors (Lipinski definition) is 6. The van der Waals surface area contributed by atoms with Crippen molar-refractivity contribution in [1.82, 2.24) is 0 Å². The molecule has 3 rings (SSSR count). The van der Waals surface area contributed by atoms with E-state index in [4.69, 9.17) is 4.74 Å². The number of nitro benzene ring substituents is 1. The molecule has 148 valence electrons. The number of hydrogen-bond donors (Lipinski definition) is 1. The fourth-order valence-electron chi connectivity index (χ4n) is 3.07. The Morgan fingerprint density at radius 1 is 1.18 bits per heavy atom. The first-order valence-corrected chi connectivity index (χ1v) is 10.1. The lowest BCUT2D eigenvalue weighted by molar-refractivity contribution is -0.387. The normalized spacial score (nSPS) is 14.6. The van der Waals surface area contributed by atoms with E-state index in [1.165, 1.54) is 37.4 Å². The second-order valence-corrected chi connectivity index (χ2v) is 7.87. The van der Waals surface area contributed by atoms with E-state index in [-0.39, 0.29) is 11.6 Å². The van der Waals surface area contributed by atoms with Crippen LogP contribution in [0.1, 0.15) is 19.3 Å². The van der Waals surface area contributed by atoms with Crippen molar-refractivity contribution in [1.29, 1.82) is 0 Å². The smallest absolute Gasteiger partial charge is 0.289 e. The minimum atomic E-state index is -4.19. The second kappa shape index (κ2) is 7.85. The number of carbonyl (C=O) groups excluding carboxylic acids is 1. The first-order chi connectivity index (χ1) is 13.3. The molecule has 28 heavy (non-hydrogen) atoms. The van der Waals surface area contributed by atoms with Gasteiger partial charge in [0.05, 0.1) is 23.4 Å². The summed E-state index contributed by atoms with van der Waals surface area (Å²) in [5, 5.41) is 11.1. The van der Waals surface area contributed by atoms with Gasteiger partial charge in [0, 0.05) is 25.1 Å². The number of ether oxygens (including phenoxy) is 1. The molecule has 1 N–H and O–H groups in total. The van der Waals surface area contributed by atoms with Crippen molar-refractivity contribution in [2.75, 3.05) is 23.3 Å². The van der Waals surface area contributed by atoms with Crippen molar-refractivity contribution in [3.8, 4) is 5.75 Å². The molecule has 1 fully saturated rings. The monoisotopic (exact) mass is 405 g/mol. The lowest BCUT2D eigenvalue weighted by Gasteiger charge is -2.28. The molecule has 1 saturated heterocycles. The number of amides is 1. The Bertz CT molecular complexity index is 1020. The number of nitrogens with one attached hydrogen (secondary N) is 1. The third-order valence-electron chi connectivity index (χ3n) is 4.40. The Kier molecular flexibility index (Phi) is 5.50. The number of para-hydroxylation sites is 1. The van der Waals surface area contributed by atoms with E-state index in [1.807, 2.05) is 0 Å². The summed E-state index contributed by atoms with van der Waals surface area (Å²) in [4.78, 5) is 23.7. The minimum absolute atomic E-state index is 0.0159. The Balaban J connectivity index is 1.93. The summed E-state index contributed by atoms with van der Waals surface area (Å²) in [6, 6.07) is 9.63. The van der Waals surface area contributed by atoms with Crippen LogP contribution in [-0.4, -0.2) is 32.9 Å². The standard InChI is InChI=1S/C18H19N3O6S/c1-27-16-12-13(9-10-14(16)20-11-5-4-8-18(20)22)19-28(25,26)17-7-3-2-6-15(17)21(23)24/h2-3,6-7,9-10,12,19H,4-5,8,11H2,1H3. The molecule has 0 spiro atoms. The van der Waals surface area contributed by atoms with E-state index in [2.05, 4.69) is 4.72 Å². The lowest BCUT2D eigenvalue weighted by atomic mass is 10.1. The third kappa shape index (κ3) is 3.91. The van der Waals surface area contributed by atoms with Crippen LogP contribution >= 0.6 is 0 Å². The Hall–Kier alpha value is -3.14. The number of rotatable bonds is 6. The maximum Gasteiger partial charge on any atom is 0.289 e. The molecule has 0 bridgehead atoms. The highest BCUT2D eigenvalue weighted by Crippen LogP contribution is 2.34. The summed E-state index contributed by atoms with van der Waals surface area (Å²) < 4.78 is 33.0. The van der Waals surface area contributed by atoms with E-state index in [0.717, 1.165) is 18.9 Å². The second-order valence-electron chi connectivity index (χ2n) is 6.22. The van der Waals surface area contributed by atoms with Crippen molar-refractivity contribution in [3.05, 3.63) is 52.6 Å². The van der Waals surface area contributed by atoms with Gasteiger partial charge in [-0.25, -0.2) is 8.42 Å². The molecule has 1 amide bonds. The predicted molar refractivity (Wildman–Crippen MR) is 103 cm³/mol. The highest BCUT2D eigenvalue weighted by Gasteiger charge is 2.26. The van der Waals surface area contributed by atoms with Crippen molar-refractivity contribution in [2.24, 2.45) is 0 Å². The highest BCUT2D eigenvalue weighted by atomic mass is 32.2. The maximum absolute atomic E-state index is 12.6. The molecule has 0 radical (unpaired) electrons. The first kappa shape index (κ1) is 19.6. The number of methoxy groups -OCH3 is 1. The minimum Gasteiger partial charge on any atom is -0.494 e. The van der Waals surface area contributed by atoms with Crippen LogP contribution in [0.3, 0.4) is 0 Å². The van der Waals surface area contributed by atoms with Gasteiger partial charge in [0.2, 0.25) is 5.91 Å². The molecule has 9 nitrogen and oxygen atoms in total. The van der Waals surface area contributed by atoms with Crippen LogP contribution in [0.25, 0.3) is 0 Å². The van der Waals surface area contributed by atoms with Crippen molar-refractivity contribution >= 4 is 33.0 Å². The Morgan fingerprint density at radius 2 is 1.93 bits per heavy atom. The summed E-state index contributed by atoms with van der Waals surface area (Å²) in [5.41, 5.74) is 0.210. The number of anilines is 2. The molecule has 1 aliphatic rings. The Labute approximate surface area is 162 Å². The van der Waals surface area contributed by atoms with Gasteiger partial charge in [0.1, 0.15) is 5.75 Å². The molecule has 0 unspecified atom stereocenters. The van der Waals surface area contributed by atoms with Crippen molar-refractivity contribution in [3.63, 3.8) is 0 Å². The van der Waals surface area contributed by atoms with Crippen LogP contribution in [0.2, 0.25) is 0 Å². The van der Waals surface area contributed by atoms with Crippen LogP contribution < -0.4 is 14.4 Å². The van der Waals surface area contributed by atoms with E-state index < -0.39 is 25.5 Å². The molecule has 0 aromatic heterocycles. The van der Waals surface area contributed by atoms with Gasteiger partial charge in [-0.2, -0.15) is 0 Å². The fraction of sp³-hybridized carbons (Fsp3) is 0.278. The largest absolute Gasteiger partial charge is 0.494 e. The molecule has 2 aromatic rings. The van der Waals surface area contributed by atoms with Crippen LogP contribution in [0, 0.1) is 10.1 Å². The highest BCUT2D eigenvalue weighted by molar-refractivity contribution is 7.92. The SMILES string of the molecule is COc1cc(NS(=O)(=O)c2ccccc2[N+](=O)[O-])ccc1N1CCCCC1=O. The van der Waals surface area contributed by atoms with E-state index in [0.29, 0.717) is 24.4 Å². The summed E-state index contributed by atoms with van der Waals surface area (Å²) in [6.07, 6.45) is 2.17. The van der Waals surface area contributed by atoms with Crippen LogP contribution in [0.5, 0.6) is 5.75 Å². The van der Waals surface area contributed by atoms with Crippen LogP contribution in [-0.2, 0) is 14.8 Å². The molecule has 0 saturated carbocycles. The Morgan fingerprint density at radius 3 is 2.61 bits per heavy atom. The summed E-state index contributed by atoms with van der Waals surface area (Å²) in [6.45, 7) is 0.566. The molecule has 10 heteroatoms. The molecule has 1 aliphatic heterocycles. The molecule has 1 heterocycles. The van der Waals surface area contributed by atoms with E-state index in [1.54, 1.807) is 11.0 Å². The summed E-state index contributed by atoms with van der Waals surface area (Å²) in [5.74, 6) is 0.316. The summed E-state index contributed by atoms with van der Waals surface area (Å²) in [7, 11) is -2.77. The summed E-state index contributed by atoms with van der Waals surface area (Å²) >= 11 is 0. The van der Waals surface area contributed by atoms with Crippen molar-refractivity contribution in [2.45, 2.75) is 24.2 Å². The number of sulfonamides is 1. The van der Waals surface area contributed by atoms with Gasteiger partial charge in [-0.1, -0.05) is 12.1 Å². The zero-order valence-electron chi connectivity index (χ0n) is 15.1. The topological polar surface area (TPSA) is 119 Å². The van der Waals surface area contributed by atoms with Gasteiger partial charge in [-0.15, -0.1) is 0 Å². The zero-order chi connectivity index (χ0) is 20.3. The fourth-order valence-corrected chi connectivity index (χ4v) is 4.29. The number of piperidine rings is 1. The number of nitro groups is 1. The van der Waals surface area contributed by atoms with Gasteiger partial charge < -0.3 is 9.64 Å². The molecule has 0 atom stereocenters. The molecular weight excluding hydrogens is 386 g/mol. The zero-order valence-corrected chi connectivity index (χ0v) is 15.9. The van der Waals surface area contributed by atoms with E-state index >= 15 is 0 Å². The third-order valence-corrected chi connectivity index (χ3v) is 5.83. The average Bonchev–Trinajstić information content (AvgIpc) is 2.68. The van der Waals surface area contributed by atoms with Gasteiger partial charge in [-0.05, 0) is 31.0 Å². The number of benzene rings is 2. The number of carbonyl (C=O) groups is 1.